The fourth-order valence-corrected chi connectivity index (χ4v) is 1.53. The molecule has 3 heteroatoms. The molecule has 0 amide bonds. The van der Waals surface area contributed by atoms with Crippen LogP contribution in [0.15, 0.2) is 22.6 Å². The first kappa shape index (κ1) is 9.06. The Bertz CT molecular complexity index is 376. The van der Waals surface area contributed by atoms with Gasteiger partial charge in [-0.2, -0.15) is 0 Å². The molecular weight excluding hydrogens is 180 g/mol. The number of hydrogen-bond acceptors (Lipinski definition) is 3. The van der Waals surface area contributed by atoms with E-state index < -0.39 is 5.97 Å². The van der Waals surface area contributed by atoms with E-state index in [2.05, 4.69) is 6.92 Å². The van der Waals surface area contributed by atoms with Crippen molar-refractivity contribution in [2.24, 2.45) is 5.92 Å². The molecule has 3 nitrogen and oxygen atoms in total. The molecule has 1 aromatic heterocycles. The standard InChI is InChI=1S/C11H12O3/c1-7-6-9(7)10-4-2-8(14-10)3-5-11(12)13/h2-5,7,9H,6H2,1H3,(H,12,13)/p-1/b5-3+/t7-,9-/m1/s1. The summed E-state index contributed by atoms with van der Waals surface area (Å²) in [5, 5.41) is 10.1. The summed E-state index contributed by atoms with van der Waals surface area (Å²) in [7, 11) is 0. The summed E-state index contributed by atoms with van der Waals surface area (Å²) >= 11 is 0. The van der Waals surface area contributed by atoms with Gasteiger partial charge in [-0.15, -0.1) is 0 Å². The van der Waals surface area contributed by atoms with Crippen LogP contribution < -0.4 is 5.11 Å². The first-order chi connectivity index (χ1) is 6.66. The van der Waals surface area contributed by atoms with Gasteiger partial charge in [0, 0.05) is 5.92 Å². The van der Waals surface area contributed by atoms with E-state index in [1.807, 2.05) is 6.07 Å². The number of rotatable bonds is 3. The first-order valence-corrected chi connectivity index (χ1v) is 4.65. The van der Waals surface area contributed by atoms with Gasteiger partial charge in [0.25, 0.3) is 0 Å². The highest BCUT2D eigenvalue weighted by Gasteiger charge is 2.36. The molecule has 2 atom stereocenters. The van der Waals surface area contributed by atoms with Crippen LogP contribution in [0, 0.1) is 5.92 Å². The second kappa shape index (κ2) is 3.33. The average Bonchev–Trinajstić information content (AvgIpc) is 2.68. The van der Waals surface area contributed by atoms with E-state index in [1.165, 1.54) is 6.08 Å². The number of carbonyl (C=O) groups excluding carboxylic acids is 1. The molecule has 14 heavy (non-hydrogen) atoms. The number of hydrogen-bond donors (Lipinski definition) is 0. The van der Waals surface area contributed by atoms with Crippen molar-refractivity contribution in [1.29, 1.82) is 0 Å². The molecule has 0 aliphatic heterocycles. The summed E-state index contributed by atoms with van der Waals surface area (Å²) in [5.41, 5.74) is 0. The lowest BCUT2D eigenvalue weighted by Gasteiger charge is -1.91. The van der Waals surface area contributed by atoms with Crippen LogP contribution in [0.25, 0.3) is 6.08 Å². The summed E-state index contributed by atoms with van der Waals surface area (Å²) in [5.74, 6) is 1.54. The predicted molar refractivity (Wildman–Crippen MR) is 49.3 cm³/mol. The molecule has 1 heterocycles. The molecule has 74 valence electrons. The average molecular weight is 191 g/mol. The zero-order valence-corrected chi connectivity index (χ0v) is 7.90. The molecule has 0 spiro atoms. The van der Waals surface area contributed by atoms with Crippen LogP contribution >= 0.6 is 0 Å². The second-order valence-electron chi connectivity index (χ2n) is 3.71. The van der Waals surface area contributed by atoms with Crippen molar-refractivity contribution in [3.8, 4) is 0 Å². The number of carbonyl (C=O) groups is 1. The van der Waals surface area contributed by atoms with Crippen LogP contribution in [0.4, 0.5) is 0 Å². The van der Waals surface area contributed by atoms with Gasteiger partial charge in [-0.3, -0.25) is 0 Å². The van der Waals surface area contributed by atoms with E-state index in [-0.39, 0.29) is 0 Å². The third kappa shape index (κ3) is 1.87. The molecule has 1 aliphatic rings. The predicted octanol–water partition coefficient (Wildman–Crippen LogP) is 1.17. The Labute approximate surface area is 82.0 Å². The summed E-state index contributed by atoms with van der Waals surface area (Å²) in [6.07, 6.45) is 3.54. The summed E-state index contributed by atoms with van der Waals surface area (Å²) in [4.78, 5) is 10.1. The molecule has 2 rings (SSSR count). The van der Waals surface area contributed by atoms with Gasteiger partial charge in [-0.1, -0.05) is 6.92 Å². The number of furan rings is 1. The minimum Gasteiger partial charge on any atom is -0.545 e. The molecule has 0 saturated heterocycles. The van der Waals surface area contributed by atoms with Gasteiger partial charge in [0.1, 0.15) is 11.5 Å². The van der Waals surface area contributed by atoms with Gasteiger partial charge >= 0.3 is 0 Å². The number of carboxylic acids is 1. The molecule has 1 saturated carbocycles. The lowest BCUT2D eigenvalue weighted by molar-refractivity contribution is -0.297. The molecule has 1 aliphatic carbocycles. The lowest BCUT2D eigenvalue weighted by atomic mass is 10.3. The molecule has 0 unspecified atom stereocenters. The van der Waals surface area contributed by atoms with Gasteiger partial charge in [0.15, 0.2) is 0 Å². The third-order valence-electron chi connectivity index (χ3n) is 2.51. The maximum Gasteiger partial charge on any atom is 0.127 e. The highest BCUT2D eigenvalue weighted by Crippen LogP contribution is 2.47. The maximum absolute atomic E-state index is 10.1. The Kier molecular flexibility index (Phi) is 2.15. The normalized spacial score (nSPS) is 25.5. The van der Waals surface area contributed by atoms with Gasteiger partial charge in [0.05, 0.1) is 5.97 Å². The fraction of sp³-hybridized carbons (Fsp3) is 0.364. The highest BCUT2D eigenvalue weighted by molar-refractivity contribution is 5.82. The van der Waals surface area contributed by atoms with Crippen molar-refractivity contribution in [2.45, 2.75) is 19.3 Å². The molecular formula is C11H11O3-. The van der Waals surface area contributed by atoms with E-state index in [9.17, 15) is 9.90 Å². The molecule has 0 aromatic carbocycles. The largest absolute Gasteiger partial charge is 0.545 e. The van der Waals surface area contributed by atoms with Gasteiger partial charge in [-0.25, -0.2) is 0 Å². The summed E-state index contributed by atoms with van der Waals surface area (Å²) in [6, 6.07) is 3.68. The van der Waals surface area contributed by atoms with Crippen LogP contribution in [0.5, 0.6) is 0 Å². The highest BCUT2D eigenvalue weighted by atomic mass is 16.4. The topological polar surface area (TPSA) is 53.3 Å². The van der Waals surface area contributed by atoms with E-state index in [0.717, 1.165) is 18.3 Å². The Morgan fingerprint density at radius 3 is 2.93 bits per heavy atom. The van der Waals surface area contributed by atoms with Crippen molar-refractivity contribution in [3.05, 3.63) is 29.7 Å². The number of aliphatic carboxylic acids is 1. The zero-order valence-electron chi connectivity index (χ0n) is 7.90. The molecule has 0 radical (unpaired) electrons. The number of carboxylic acid groups (broad SMARTS) is 1. The minimum absolute atomic E-state index is 0.528. The lowest BCUT2D eigenvalue weighted by Crippen LogP contribution is -2.18. The van der Waals surface area contributed by atoms with Crippen molar-refractivity contribution >= 4 is 12.0 Å². The minimum atomic E-state index is -1.21. The van der Waals surface area contributed by atoms with Crippen molar-refractivity contribution in [2.75, 3.05) is 0 Å². The first-order valence-electron chi connectivity index (χ1n) is 4.65. The third-order valence-corrected chi connectivity index (χ3v) is 2.51. The van der Waals surface area contributed by atoms with Crippen LogP contribution in [-0.2, 0) is 4.79 Å². The Balaban J connectivity index is 2.06. The maximum atomic E-state index is 10.1. The SMILES string of the molecule is C[C@@H]1C[C@H]1c1ccc(/C=C/C(=O)[O-])o1. The van der Waals surface area contributed by atoms with E-state index in [1.54, 1.807) is 6.07 Å². The van der Waals surface area contributed by atoms with Crippen molar-refractivity contribution in [3.63, 3.8) is 0 Å². The van der Waals surface area contributed by atoms with Crippen molar-refractivity contribution < 1.29 is 14.3 Å². The molecule has 0 bridgehead atoms. The smallest absolute Gasteiger partial charge is 0.127 e. The van der Waals surface area contributed by atoms with Gasteiger partial charge in [-0.05, 0) is 36.6 Å². The Morgan fingerprint density at radius 1 is 1.64 bits per heavy atom. The molecule has 1 fully saturated rings. The fourth-order valence-electron chi connectivity index (χ4n) is 1.53. The summed E-state index contributed by atoms with van der Waals surface area (Å²) < 4.78 is 5.45. The van der Waals surface area contributed by atoms with Gasteiger partial charge < -0.3 is 14.3 Å². The van der Waals surface area contributed by atoms with Gasteiger partial charge in [0.2, 0.25) is 0 Å². The Morgan fingerprint density at radius 2 is 2.36 bits per heavy atom. The Hall–Kier alpha value is -1.51. The van der Waals surface area contributed by atoms with E-state index in [0.29, 0.717) is 17.6 Å². The molecule has 0 N–H and O–H groups in total. The summed E-state index contributed by atoms with van der Waals surface area (Å²) in [6.45, 7) is 2.17. The van der Waals surface area contributed by atoms with Crippen LogP contribution in [0.2, 0.25) is 0 Å². The quantitative estimate of drug-likeness (QED) is 0.674. The monoisotopic (exact) mass is 191 g/mol. The second-order valence-corrected chi connectivity index (χ2v) is 3.71. The van der Waals surface area contributed by atoms with Crippen LogP contribution in [0.1, 0.15) is 30.8 Å². The zero-order chi connectivity index (χ0) is 10.1. The van der Waals surface area contributed by atoms with E-state index in [4.69, 9.17) is 4.42 Å². The molecule has 1 aromatic rings. The van der Waals surface area contributed by atoms with E-state index >= 15 is 0 Å². The van der Waals surface area contributed by atoms with Crippen molar-refractivity contribution in [1.82, 2.24) is 0 Å². The van der Waals surface area contributed by atoms with Crippen LogP contribution in [-0.4, -0.2) is 5.97 Å². The van der Waals surface area contributed by atoms with Crippen LogP contribution in [0.3, 0.4) is 0 Å².